The zero-order chi connectivity index (χ0) is 21.3. The Labute approximate surface area is 170 Å². The van der Waals surface area contributed by atoms with Crippen molar-refractivity contribution in [2.75, 3.05) is 27.2 Å². The lowest BCUT2D eigenvalue weighted by Crippen LogP contribution is -2.35. The van der Waals surface area contributed by atoms with E-state index in [0.29, 0.717) is 24.2 Å². The van der Waals surface area contributed by atoms with Crippen LogP contribution in [0.5, 0.6) is 0 Å². The molecule has 0 radical (unpaired) electrons. The minimum absolute atomic E-state index is 0.0362. The molecule has 3 rings (SSSR count). The van der Waals surface area contributed by atoms with Crippen LogP contribution < -0.4 is 0 Å². The number of Topliss-reactive ketones (excluding diaryl/α,β-unsaturated/α-hetero) is 1. The van der Waals surface area contributed by atoms with Gasteiger partial charge in [-0.3, -0.25) is 9.59 Å². The topological polar surface area (TPSA) is 60.9 Å². The predicted molar refractivity (Wildman–Crippen MR) is 110 cm³/mol. The molecule has 1 heterocycles. The van der Waals surface area contributed by atoms with Gasteiger partial charge in [0.05, 0.1) is 11.6 Å². The van der Waals surface area contributed by atoms with Crippen molar-refractivity contribution >= 4 is 17.4 Å². The molecule has 0 aromatic heterocycles. The van der Waals surface area contributed by atoms with Gasteiger partial charge in [-0.25, -0.2) is 4.39 Å². The number of halogens is 1. The van der Waals surface area contributed by atoms with Gasteiger partial charge < -0.3 is 14.9 Å². The molecule has 1 aliphatic heterocycles. The summed E-state index contributed by atoms with van der Waals surface area (Å²) in [4.78, 5) is 29.1. The average molecular weight is 396 g/mol. The summed E-state index contributed by atoms with van der Waals surface area (Å²) in [6.07, 6.45) is 0. The predicted octanol–water partition coefficient (Wildman–Crippen LogP) is 3.43. The Balaban J connectivity index is 2.19. The van der Waals surface area contributed by atoms with Gasteiger partial charge >= 0.3 is 0 Å². The van der Waals surface area contributed by atoms with Crippen LogP contribution in [0.4, 0.5) is 4.39 Å². The number of ketones is 1. The Morgan fingerprint density at radius 1 is 1.10 bits per heavy atom. The first-order valence-corrected chi connectivity index (χ1v) is 9.47. The van der Waals surface area contributed by atoms with E-state index in [9.17, 15) is 19.1 Å². The lowest BCUT2D eigenvalue weighted by Gasteiger charge is -2.26. The van der Waals surface area contributed by atoms with Crippen molar-refractivity contribution in [3.63, 3.8) is 0 Å². The van der Waals surface area contributed by atoms with Crippen LogP contribution in [0.2, 0.25) is 0 Å². The number of benzene rings is 2. The van der Waals surface area contributed by atoms with Gasteiger partial charge in [0.25, 0.3) is 11.7 Å². The van der Waals surface area contributed by atoms with Crippen LogP contribution >= 0.6 is 0 Å². The third-order valence-corrected chi connectivity index (χ3v) is 5.16. The van der Waals surface area contributed by atoms with Crippen molar-refractivity contribution in [1.29, 1.82) is 0 Å². The highest BCUT2D eigenvalue weighted by atomic mass is 19.1. The molecule has 5 nitrogen and oxygen atoms in total. The number of hydrogen-bond acceptors (Lipinski definition) is 4. The number of aliphatic hydroxyl groups is 1. The number of carbonyl (C=O) groups is 2. The summed E-state index contributed by atoms with van der Waals surface area (Å²) in [5, 5.41) is 11.1. The number of hydrogen-bond donors (Lipinski definition) is 1. The number of nitrogens with zero attached hydrogens (tertiary/aromatic N) is 2. The van der Waals surface area contributed by atoms with E-state index in [-0.39, 0.29) is 11.3 Å². The molecule has 1 amide bonds. The fourth-order valence-corrected chi connectivity index (χ4v) is 3.55. The van der Waals surface area contributed by atoms with Gasteiger partial charge in [0.15, 0.2) is 0 Å². The molecule has 1 fully saturated rings. The molecule has 152 valence electrons. The minimum atomic E-state index is -0.768. The maximum atomic E-state index is 13.5. The molecule has 0 saturated carbocycles. The van der Waals surface area contributed by atoms with Gasteiger partial charge in [-0.15, -0.1) is 0 Å². The Morgan fingerprint density at radius 2 is 1.76 bits per heavy atom. The fourth-order valence-electron chi connectivity index (χ4n) is 3.55. The van der Waals surface area contributed by atoms with E-state index >= 15 is 0 Å². The molecular weight excluding hydrogens is 371 g/mol. The zero-order valence-electron chi connectivity index (χ0n) is 17.1. The van der Waals surface area contributed by atoms with Crippen molar-refractivity contribution in [2.45, 2.75) is 19.9 Å². The average Bonchev–Trinajstić information content (AvgIpc) is 2.93. The van der Waals surface area contributed by atoms with E-state index in [0.717, 1.165) is 11.1 Å². The Hall–Kier alpha value is -2.99. The van der Waals surface area contributed by atoms with E-state index in [1.165, 1.54) is 17.0 Å². The molecule has 0 aliphatic carbocycles. The Morgan fingerprint density at radius 3 is 2.38 bits per heavy atom. The molecule has 2 aromatic rings. The second kappa shape index (κ2) is 8.17. The minimum Gasteiger partial charge on any atom is -0.507 e. The number of aryl methyl sites for hydroxylation is 2. The van der Waals surface area contributed by atoms with Crippen molar-refractivity contribution in [1.82, 2.24) is 9.80 Å². The number of likely N-dealkylation sites (tertiary alicyclic amines) is 1. The molecule has 1 N–H and O–H groups in total. The number of likely N-dealkylation sites (N-methyl/N-ethyl adjacent to an activating group) is 1. The summed E-state index contributed by atoms with van der Waals surface area (Å²) in [6, 6.07) is 10.5. The highest BCUT2D eigenvalue weighted by Crippen LogP contribution is 2.39. The van der Waals surface area contributed by atoms with E-state index in [1.54, 1.807) is 18.2 Å². The van der Waals surface area contributed by atoms with Crippen molar-refractivity contribution < 1.29 is 19.1 Å². The summed E-state index contributed by atoms with van der Waals surface area (Å²) in [7, 11) is 3.75. The maximum absolute atomic E-state index is 13.5. The van der Waals surface area contributed by atoms with Gasteiger partial charge in [0.2, 0.25) is 0 Å². The van der Waals surface area contributed by atoms with Gasteiger partial charge in [0, 0.05) is 18.7 Å². The second-order valence-corrected chi connectivity index (χ2v) is 7.67. The normalized spacial score (nSPS) is 18.7. The summed E-state index contributed by atoms with van der Waals surface area (Å²) >= 11 is 0. The van der Waals surface area contributed by atoms with E-state index in [2.05, 4.69) is 0 Å². The standard InChI is InChI=1S/C23H25FN2O3/c1-14-5-6-15(2)18(13-14)21(27)19-20(16-7-9-17(24)10-8-16)26(12-11-25(3)4)23(29)22(19)28/h5-10,13,20,27H,11-12H2,1-4H3/b21-19+. The number of carbonyl (C=O) groups excluding carboxylic acids is 2. The molecule has 2 aromatic carbocycles. The lowest BCUT2D eigenvalue weighted by atomic mass is 9.93. The Kier molecular flexibility index (Phi) is 5.84. The maximum Gasteiger partial charge on any atom is 0.295 e. The Bertz CT molecular complexity index is 980. The van der Waals surface area contributed by atoms with Crippen LogP contribution in [0.25, 0.3) is 5.76 Å². The van der Waals surface area contributed by atoms with Gasteiger partial charge in [-0.05, 0) is 57.3 Å². The van der Waals surface area contributed by atoms with Crippen LogP contribution in [0.1, 0.15) is 28.3 Å². The molecule has 1 saturated heterocycles. The zero-order valence-corrected chi connectivity index (χ0v) is 17.1. The first-order valence-electron chi connectivity index (χ1n) is 9.47. The summed E-state index contributed by atoms with van der Waals surface area (Å²) in [5.74, 6) is -2.00. The van der Waals surface area contributed by atoms with Crippen LogP contribution in [-0.4, -0.2) is 53.8 Å². The van der Waals surface area contributed by atoms with Crippen LogP contribution in [0.15, 0.2) is 48.0 Å². The van der Waals surface area contributed by atoms with Gasteiger partial charge in [0.1, 0.15) is 11.6 Å². The number of amides is 1. The highest BCUT2D eigenvalue weighted by molar-refractivity contribution is 6.46. The molecule has 6 heteroatoms. The van der Waals surface area contributed by atoms with Crippen molar-refractivity contribution in [2.24, 2.45) is 0 Å². The number of aliphatic hydroxyl groups excluding tert-OH is 1. The molecule has 1 atom stereocenters. The molecule has 1 aliphatic rings. The fraction of sp³-hybridized carbons (Fsp3) is 0.304. The van der Waals surface area contributed by atoms with Gasteiger partial charge in [-0.2, -0.15) is 0 Å². The summed E-state index contributed by atoms with van der Waals surface area (Å²) in [5.41, 5.74) is 2.86. The smallest absolute Gasteiger partial charge is 0.295 e. The quantitative estimate of drug-likeness (QED) is 0.478. The van der Waals surface area contributed by atoms with Crippen LogP contribution in [0, 0.1) is 19.7 Å². The molecule has 1 unspecified atom stereocenters. The lowest BCUT2D eigenvalue weighted by molar-refractivity contribution is -0.140. The first-order chi connectivity index (χ1) is 13.7. The van der Waals surface area contributed by atoms with Crippen molar-refractivity contribution in [3.05, 3.63) is 76.1 Å². The monoisotopic (exact) mass is 396 g/mol. The molecule has 29 heavy (non-hydrogen) atoms. The van der Waals surface area contributed by atoms with Crippen LogP contribution in [-0.2, 0) is 9.59 Å². The third kappa shape index (κ3) is 4.07. The summed E-state index contributed by atoms with van der Waals surface area (Å²) < 4.78 is 13.5. The number of rotatable bonds is 5. The van der Waals surface area contributed by atoms with E-state index in [4.69, 9.17) is 0 Å². The molecule has 0 bridgehead atoms. The highest BCUT2D eigenvalue weighted by Gasteiger charge is 2.46. The van der Waals surface area contributed by atoms with E-state index in [1.807, 2.05) is 45.0 Å². The molecular formula is C23H25FN2O3. The third-order valence-electron chi connectivity index (χ3n) is 5.16. The molecule has 0 spiro atoms. The van der Waals surface area contributed by atoms with Gasteiger partial charge in [-0.1, -0.05) is 29.8 Å². The van der Waals surface area contributed by atoms with Crippen molar-refractivity contribution in [3.8, 4) is 0 Å². The van der Waals surface area contributed by atoms with E-state index < -0.39 is 23.5 Å². The first kappa shape index (κ1) is 20.7. The largest absolute Gasteiger partial charge is 0.507 e. The SMILES string of the molecule is Cc1ccc(C)c(/C(O)=C2\C(=O)C(=O)N(CCN(C)C)C2c2ccc(F)cc2)c1. The second-order valence-electron chi connectivity index (χ2n) is 7.67. The summed E-state index contributed by atoms with van der Waals surface area (Å²) in [6.45, 7) is 4.59. The van der Waals surface area contributed by atoms with Crippen LogP contribution in [0.3, 0.4) is 0 Å².